The highest BCUT2D eigenvalue weighted by atomic mass is 79.9. The largest absolute Gasteiger partial charge is 0.488 e. The van der Waals surface area contributed by atoms with Crippen molar-refractivity contribution in [3.63, 3.8) is 0 Å². The van der Waals surface area contributed by atoms with Crippen LogP contribution in [0, 0.1) is 0 Å². The molecule has 6 heteroatoms. The maximum Gasteiger partial charge on any atom is 0.255 e. The Morgan fingerprint density at radius 1 is 1.08 bits per heavy atom. The maximum atomic E-state index is 12.4. The molecule has 0 unspecified atom stereocenters. The lowest BCUT2D eigenvalue weighted by Gasteiger charge is -2.13. The molecule has 0 bridgehead atoms. The molecule has 0 aliphatic carbocycles. The third-order valence-electron chi connectivity index (χ3n) is 3.60. The highest BCUT2D eigenvalue weighted by Gasteiger charge is 2.13. The summed E-state index contributed by atoms with van der Waals surface area (Å²) >= 11 is 3.48. The molecule has 2 rings (SSSR count). The summed E-state index contributed by atoms with van der Waals surface area (Å²) in [4.78, 5) is 25.4. The van der Waals surface area contributed by atoms with Crippen LogP contribution in [0.25, 0.3) is 0 Å². The van der Waals surface area contributed by atoms with Crippen LogP contribution < -0.4 is 10.1 Å². The minimum absolute atomic E-state index is 0.0289. The van der Waals surface area contributed by atoms with Crippen LogP contribution in [0.4, 0.5) is 0 Å². The molecule has 0 heterocycles. The Morgan fingerprint density at radius 2 is 1.76 bits per heavy atom. The van der Waals surface area contributed by atoms with Gasteiger partial charge in [-0.2, -0.15) is 0 Å². The molecule has 0 aromatic heterocycles. The zero-order valence-corrected chi connectivity index (χ0v) is 15.9. The summed E-state index contributed by atoms with van der Waals surface area (Å²) in [5.74, 6) is 0.225. The number of amides is 2. The summed E-state index contributed by atoms with van der Waals surface area (Å²) in [5.41, 5.74) is 1.45. The van der Waals surface area contributed by atoms with Gasteiger partial charge < -0.3 is 15.0 Å². The zero-order valence-electron chi connectivity index (χ0n) is 14.3. The van der Waals surface area contributed by atoms with Crippen LogP contribution in [0.5, 0.6) is 5.75 Å². The standard InChI is InChI=1S/C19H21BrN2O3/c1-22(2)18(23)11-12-21-19(24)15-8-4-6-10-17(15)25-13-14-7-3-5-9-16(14)20/h3-10H,11-13H2,1-2H3,(H,21,24). The average Bonchev–Trinajstić information content (AvgIpc) is 2.61. The fourth-order valence-corrected chi connectivity index (χ4v) is 2.55. The molecule has 0 aliphatic rings. The molecule has 0 spiro atoms. The summed E-state index contributed by atoms with van der Waals surface area (Å²) < 4.78 is 6.78. The van der Waals surface area contributed by atoms with E-state index >= 15 is 0 Å². The summed E-state index contributed by atoms with van der Waals surface area (Å²) in [7, 11) is 3.38. The smallest absolute Gasteiger partial charge is 0.255 e. The van der Waals surface area contributed by atoms with Crippen LogP contribution in [0.3, 0.4) is 0 Å². The first kappa shape index (κ1) is 19.0. The first-order chi connectivity index (χ1) is 12.0. The van der Waals surface area contributed by atoms with Gasteiger partial charge in [0, 0.05) is 37.1 Å². The van der Waals surface area contributed by atoms with E-state index in [0.717, 1.165) is 10.0 Å². The molecule has 0 saturated heterocycles. The summed E-state index contributed by atoms with van der Waals surface area (Å²) in [5, 5.41) is 2.76. The summed E-state index contributed by atoms with van der Waals surface area (Å²) in [6.07, 6.45) is 0.263. The summed E-state index contributed by atoms with van der Waals surface area (Å²) in [6.45, 7) is 0.638. The quantitative estimate of drug-likeness (QED) is 0.770. The van der Waals surface area contributed by atoms with Crippen molar-refractivity contribution >= 4 is 27.7 Å². The number of nitrogens with zero attached hydrogens (tertiary/aromatic N) is 1. The predicted molar refractivity (Wildman–Crippen MR) is 101 cm³/mol. The topological polar surface area (TPSA) is 58.6 Å². The number of halogens is 1. The van der Waals surface area contributed by atoms with Crippen LogP contribution in [-0.2, 0) is 11.4 Å². The Labute approximate surface area is 156 Å². The van der Waals surface area contributed by atoms with E-state index in [-0.39, 0.29) is 24.8 Å². The molecular formula is C19H21BrN2O3. The van der Waals surface area contributed by atoms with Gasteiger partial charge in [-0.25, -0.2) is 0 Å². The molecule has 0 saturated carbocycles. The Morgan fingerprint density at radius 3 is 2.48 bits per heavy atom. The highest BCUT2D eigenvalue weighted by molar-refractivity contribution is 9.10. The molecule has 2 aromatic rings. The van der Waals surface area contributed by atoms with Crippen LogP contribution in [0.15, 0.2) is 53.0 Å². The Kier molecular flexibility index (Phi) is 7.01. The van der Waals surface area contributed by atoms with Crippen molar-refractivity contribution in [3.05, 3.63) is 64.1 Å². The van der Waals surface area contributed by atoms with Gasteiger partial charge >= 0.3 is 0 Å². The average molecular weight is 405 g/mol. The van der Waals surface area contributed by atoms with E-state index in [2.05, 4.69) is 21.2 Å². The van der Waals surface area contributed by atoms with Crippen molar-refractivity contribution in [1.29, 1.82) is 0 Å². The molecule has 0 radical (unpaired) electrons. The SMILES string of the molecule is CN(C)C(=O)CCNC(=O)c1ccccc1OCc1ccccc1Br. The predicted octanol–water partition coefficient (Wildman–Crippen LogP) is 3.24. The molecule has 2 aromatic carbocycles. The molecule has 0 fully saturated rings. The van der Waals surface area contributed by atoms with E-state index in [1.807, 2.05) is 30.3 Å². The van der Waals surface area contributed by atoms with Gasteiger partial charge in [0.1, 0.15) is 12.4 Å². The summed E-state index contributed by atoms with van der Waals surface area (Å²) in [6, 6.07) is 14.8. The molecule has 5 nitrogen and oxygen atoms in total. The van der Waals surface area contributed by atoms with Crippen LogP contribution in [0.1, 0.15) is 22.3 Å². The lowest BCUT2D eigenvalue weighted by molar-refractivity contribution is -0.128. The number of para-hydroxylation sites is 1. The van der Waals surface area contributed by atoms with Crippen molar-refractivity contribution in [2.75, 3.05) is 20.6 Å². The first-order valence-electron chi connectivity index (χ1n) is 7.92. The van der Waals surface area contributed by atoms with Gasteiger partial charge in [-0.15, -0.1) is 0 Å². The molecule has 132 valence electrons. The zero-order chi connectivity index (χ0) is 18.2. The van der Waals surface area contributed by atoms with Crippen molar-refractivity contribution in [3.8, 4) is 5.75 Å². The first-order valence-corrected chi connectivity index (χ1v) is 8.72. The minimum atomic E-state index is -0.255. The molecule has 1 N–H and O–H groups in total. The van der Waals surface area contributed by atoms with E-state index in [0.29, 0.717) is 17.9 Å². The number of rotatable bonds is 7. The van der Waals surface area contributed by atoms with Crippen LogP contribution >= 0.6 is 15.9 Å². The van der Waals surface area contributed by atoms with E-state index in [4.69, 9.17) is 4.74 Å². The normalized spacial score (nSPS) is 10.2. The fourth-order valence-electron chi connectivity index (χ4n) is 2.15. The Hall–Kier alpha value is -2.34. The highest BCUT2D eigenvalue weighted by Crippen LogP contribution is 2.22. The fraction of sp³-hybridized carbons (Fsp3) is 0.263. The van der Waals surface area contributed by atoms with E-state index in [1.54, 1.807) is 32.3 Å². The molecule has 2 amide bonds. The molecule has 0 aliphatic heterocycles. The number of nitrogens with one attached hydrogen (secondary N) is 1. The van der Waals surface area contributed by atoms with E-state index in [1.165, 1.54) is 4.90 Å². The van der Waals surface area contributed by atoms with Gasteiger partial charge in [0.2, 0.25) is 5.91 Å². The second-order valence-electron chi connectivity index (χ2n) is 5.67. The lowest BCUT2D eigenvalue weighted by Crippen LogP contribution is -2.30. The Balaban J connectivity index is 1.98. The number of hydrogen-bond donors (Lipinski definition) is 1. The van der Waals surface area contributed by atoms with Crippen molar-refractivity contribution in [2.45, 2.75) is 13.0 Å². The van der Waals surface area contributed by atoms with Gasteiger partial charge in [0.25, 0.3) is 5.91 Å². The lowest BCUT2D eigenvalue weighted by atomic mass is 10.2. The van der Waals surface area contributed by atoms with Gasteiger partial charge in [0.15, 0.2) is 0 Å². The van der Waals surface area contributed by atoms with Crippen molar-refractivity contribution < 1.29 is 14.3 Å². The van der Waals surface area contributed by atoms with Gasteiger partial charge in [-0.3, -0.25) is 9.59 Å². The van der Waals surface area contributed by atoms with Crippen molar-refractivity contribution in [1.82, 2.24) is 10.2 Å². The third-order valence-corrected chi connectivity index (χ3v) is 4.37. The van der Waals surface area contributed by atoms with Gasteiger partial charge in [-0.1, -0.05) is 46.3 Å². The van der Waals surface area contributed by atoms with Gasteiger partial charge in [0.05, 0.1) is 5.56 Å². The molecule has 25 heavy (non-hydrogen) atoms. The van der Waals surface area contributed by atoms with Gasteiger partial charge in [-0.05, 0) is 18.2 Å². The number of carbonyl (C=O) groups is 2. The van der Waals surface area contributed by atoms with Crippen LogP contribution in [-0.4, -0.2) is 37.4 Å². The maximum absolute atomic E-state index is 12.4. The Bertz CT molecular complexity index is 747. The number of benzene rings is 2. The second-order valence-corrected chi connectivity index (χ2v) is 6.52. The van der Waals surface area contributed by atoms with Crippen LogP contribution in [0.2, 0.25) is 0 Å². The number of ether oxygens (including phenoxy) is 1. The van der Waals surface area contributed by atoms with Crippen molar-refractivity contribution in [2.24, 2.45) is 0 Å². The molecule has 0 atom stereocenters. The monoisotopic (exact) mass is 404 g/mol. The van der Waals surface area contributed by atoms with E-state index in [9.17, 15) is 9.59 Å². The second kappa shape index (κ2) is 9.22. The minimum Gasteiger partial charge on any atom is -0.488 e. The third kappa shape index (κ3) is 5.60. The number of hydrogen-bond acceptors (Lipinski definition) is 3. The molecular weight excluding hydrogens is 384 g/mol. The number of carbonyl (C=O) groups excluding carboxylic acids is 2. The van der Waals surface area contributed by atoms with E-state index < -0.39 is 0 Å².